The first-order chi connectivity index (χ1) is 11.7. The summed E-state index contributed by atoms with van der Waals surface area (Å²) in [6.45, 7) is 3.85. The summed E-state index contributed by atoms with van der Waals surface area (Å²) in [6.07, 6.45) is 0.415. The van der Waals surface area contributed by atoms with Crippen molar-refractivity contribution in [2.75, 3.05) is 13.1 Å². The van der Waals surface area contributed by atoms with Gasteiger partial charge in [0, 0.05) is 18.3 Å². The Morgan fingerprint density at radius 2 is 1.92 bits per heavy atom. The number of hydrogen-bond acceptors (Lipinski definition) is 6. The molecule has 0 aliphatic carbocycles. The summed E-state index contributed by atoms with van der Waals surface area (Å²) < 4.78 is 26.7. The summed E-state index contributed by atoms with van der Waals surface area (Å²) in [5.74, 6) is -0.0349. The zero-order chi connectivity index (χ0) is 19.0. The minimum Gasteiger partial charge on any atom is -0.508 e. The Morgan fingerprint density at radius 3 is 2.40 bits per heavy atom. The molecule has 0 saturated carbocycles. The van der Waals surface area contributed by atoms with Crippen molar-refractivity contribution in [2.24, 2.45) is 11.1 Å². The Kier molecular flexibility index (Phi) is 7.65. The standard InChI is InChI=1S/C15H21N3O6S/c1-11(2)9-18(8-7-12(10-19)16-15(21)17-22)25(23,24)14-5-3-13(20)4-6-14/h3-6,10-12,20H,7-9H2,1-2H3,(H,16,21)/t12-/m1/s1. The van der Waals surface area contributed by atoms with E-state index in [0.29, 0.717) is 6.29 Å². The van der Waals surface area contributed by atoms with Gasteiger partial charge in [0.2, 0.25) is 10.0 Å². The maximum Gasteiger partial charge on any atom is 0.379 e. The van der Waals surface area contributed by atoms with Crippen molar-refractivity contribution in [2.45, 2.75) is 31.2 Å². The Balaban J connectivity index is 2.96. The molecule has 25 heavy (non-hydrogen) atoms. The van der Waals surface area contributed by atoms with Crippen molar-refractivity contribution in [1.29, 1.82) is 0 Å². The van der Waals surface area contributed by atoms with E-state index in [0.717, 1.165) is 0 Å². The Morgan fingerprint density at radius 1 is 1.32 bits per heavy atom. The fourth-order valence-electron chi connectivity index (χ4n) is 2.13. The van der Waals surface area contributed by atoms with E-state index in [2.05, 4.69) is 10.5 Å². The lowest BCUT2D eigenvalue weighted by atomic mass is 10.2. The molecular formula is C15H21N3O6S. The number of phenolic OH excluding ortho intramolecular Hbond substituents is 1. The SMILES string of the molecule is CC(C)CN(CC[C@H](C=O)NC(=O)N=O)S(=O)(=O)c1ccc(O)cc1. The van der Waals surface area contributed by atoms with Crippen LogP contribution in [0.4, 0.5) is 4.79 Å². The number of carbonyl (C=O) groups is 2. The van der Waals surface area contributed by atoms with Gasteiger partial charge in [-0.3, -0.25) is 0 Å². The molecule has 0 aliphatic heterocycles. The zero-order valence-corrected chi connectivity index (χ0v) is 14.8. The van der Waals surface area contributed by atoms with E-state index in [-0.39, 0.29) is 36.1 Å². The number of nitrogens with one attached hydrogen (secondary N) is 1. The third-order valence-corrected chi connectivity index (χ3v) is 5.17. The average Bonchev–Trinajstić information content (AvgIpc) is 2.56. The van der Waals surface area contributed by atoms with Crippen LogP contribution < -0.4 is 5.32 Å². The van der Waals surface area contributed by atoms with E-state index in [4.69, 9.17) is 0 Å². The van der Waals surface area contributed by atoms with Gasteiger partial charge in [0.25, 0.3) is 0 Å². The molecule has 10 heteroatoms. The lowest BCUT2D eigenvalue weighted by Gasteiger charge is -2.25. The quantitative estimate of drug-likeness (QED) is 0.499. The minimum absolute atomic E-state index is 0.00517. The first kappa shape index (κ1) is 20.7. The summed E-state index contributed by atoms with van der Waals surface area (Å²) >= 11 is 0. The topological polar surface area (TPSA) is 133 Å². The Labute approximate surface area is 146 Å². The maximum absolute atomic E-state index is 12.8. The smallest absolute Gasteiger partial charge is 0.379 e. The molecular weight excluding hydrogens is 350 g/mol. The lowest BCUT2D eigenvalue weighted by molar-refractivity contribution is -0.109. The molecule has 0 fully saturated rings. The third-order valence-electron chi connectivity index (χ3n) is 3.29. The first-order valence-corrected chi connectivity index (χ1v) is 9.03. The molecule has 1 rings (SSSR count). The average molecular weight is 371 g/mol. The van der Waals surface area contributed by atoms with E-state index in [1.807, 2.05) is 13.8 Å². The molecule has 2 N–H and O–H groups in total. The first-order valence-electron chi connectivity index (χ1n) is 7.59. The molecule has 1 aromatic carbocycles. The molecule has 138 valence electrons. The van der Waals surface area contributed by atoms with E-state index in [1.54, 1.807) is 0 Å². The van der Waals surface area contributed by atoms with Gasteiger partial charge in [-0.25, -0.2) is 13.2 Å². The number of carbonyl (C=O) groups excluding carboxylic acids is 2. The molecule has 0 radical (unpaired) electrons. The van der Waals surface area contributed by atoms with Gasteiger partial charge in [-0.2, -0.15) is 4.31 Å². The molecule has 0 unspecified atom stereocenters. The Bertz CT molecular complexity index is 702. The van der Waals surface area contributed by atoms with Crippen LogP contribution in [-0.2, 0) is 14.8 Å². The minimum atomic E-state index is -3.84. The van der Waals surface area contributed by atoms with Crippen LogP contribution in [0.5, 0.6) is 5.75 Å². The van der Waals surface area contributed by atoms with Gasteiger partial charge in [-0.15, -0.1) is 4.91 Å². The highest BCUT2D eigenvalue weighted by atomic mass is 32.2. The van der Waals surface area contributed by atoms with Crippen molar-refractivity contribution >= 4 is 22.3 Å². The van der Waals surface area contributed by atoms with Crippen LogP contribution in [0.2, 0.25) is 0 Å². The number of hydrogen-bond donors (Lipinski definition) is 2. The predicted octanol–water partition coefficient (Wildman–Crippen LogP) is 1.47. The number of benzene rings is 1. The Hall–Kier alpha value is -2.33. The highest BCUT2D eigenvalue weighted by molar-refractivity contribution is 7.89. The van der Waals surface area contributed by atoms with Crippen LogP contribution in [-0.4, -0.2) is 49.3 Å². The van der Waals surface area contributed by atoms with Crippen molar-refractivity contribution < 1.29 is 23.1 Å². The van der Waals surface area contributed by atoms with Crippen LogP contribution in [0.3, 0.4) is 0 Å². The number of sulfonamides is 1. The van der Waals surface area contributed by atoms with Crippen molar-refractivity contribution in [1.82, 2.24) is 9.62 Å². The number of aldehydes is 1. The van der Waals surface area contributed by atoms with E-state index in [1.165, 1.54) is 28.6 Å². The largest absolute Gasteiger partial charge is 0.508 e. The molecule has 2 amide bonds. The third kappa shape index (κ3) is 6.24. The second kappa shape index (κ2) is 9.23. The van der Waals surface area contributed by atoms with Gasteiger partial charge < -0.3 is 15.2 Å². The number of aromatic hydroxyl groups is 1. The summed E-state index contributed by atoms with van der Waals surface area (Å²) in [7, 11) is -3.84. The van der Waals surface area contributed by atoms with Gasteiger partial charge in [0.15, 0.2) is 0 Å². The summed E-state index contributed by atoms with van der Waals surface area (Å²) in [4.78, 5) is 32.1. The van der Waals surface area contributed by atoms with Gasteiger partial charge in [0.1, 0.15) is 12.0 Å². The number of nitrogens with zero attached hydrogens (tertiary/aromatic N) is 2. The van der Waals surface area contributed by atoms with Crippen molar-refractivity contribution in [3.8, 4) is 5.75 Å². The zero-order valence-electron chi connectivity index (χ0n) is 14.0. The molecule has 0 saturated heterocycles. The van der Waals surface area contributed by atoms with Gasteiger partial charge >= 0.3 is 6.03 Å². The molecule has 1 aromatic rings. The fraction of sp³-hybridized carbons (Fsp3) is 0.467. The molecule has 0 bridgehead atoms. The van der Waals surface area contributed by atoms with Gasteiger partial charge in [0.05, 0.1) is 10.9 Å². The number of phenols is 1. The molecule has 1 atom stereocenters. The molecule has 9 nitrogen and oxygen atoms in total. The molecule has 0 heterocycles. The second-order valence-corrected chi connectivity index (χ2v) is 7.76. The second-order valence-electron chi connectivity index (χ2n) is 5.82. The van der Waals surface area contributed by atoms with Gasteiger partial charge in [-0.1, -0.05) is 13.8 Å². The summed E-state index contributed by atoms with van der Waals surface area (Å²) in [5.41, 5.74) is 0. The monoisotopic (exact) mass is 371 g/mol. The number of amides is 2. The predicted molar refractivity (Wildman–Crippen MR) is 90.5 cm³/mol. The highest BCUT2D eigenvalue weighted by Gasteiger charge is 2.26. The van der Waals surface area contributed by atoms with Crippen molar-refractivity contribution in [3.63, 3.8) is 0 Å². The summed E-state index contributed by atoms with van der Waals surface area (Å²) in [5, 5.41) is 13.5. The number of nitroso groups, excluding NO2 is 1. The van der Waals surface area contributed by atoms with Crippen LogP contribution in [0.15, 0.2) is 34.3 Å². The number of rotatable bonds is 9. The fourth-order valence-corrected chi connectivity index (χ4v) is 3.74. The maximum atomic E-state index is 12.8. The van der Waals surface area contributed by atoms with E-state index >= 15 is 0 Å². The van der Waals surface area contributed by atoms with E-state index < -0.39 is 22.1 Å². The molecule has 0 spiro atoms. The van der Waals surface area contributed by atoms with Crippen molar-refractivity contribution in [3.05, 3.63) is 29.2 Å². The number of urea groups is 1. The van der Waals surface area contributed by atoms with Crippen LogP contribution >= 0.6 is 0 Å². The van der Waals surface area contributed by atoms with E-state index in [9.17, 15) is 28.0 Å². The highest BCUT2D eigenvalue weighted by Crippen LogP contribution is 2.20. The summed E-state index contributed by atoms with van der Waals surface area (Å²) in [6, 6.07) is 2.90. The molecule has 0 aromatic heterocycles. The van der Waals surface area contributed by atoms with Crippen LogP contribution in [0, 0.1) is 10.8 Å². The normalized spacial score (nSPS) is 12.8. The van der Waals surface area contributed by atoms with Gasteiger partial charge in [-0.05, 0) is 36.6 Å². The van der Waals surface area contributed by atoms with Crippen LogP contribution in [0.25, 0.3) is 0 Å². The molecule has 0 aliphatic rings. The van der Waals surface area contributed by atoms with Crippen LogP contribution in [0.1, 0.15) is 20.3 Å². The lowest BCUT2D eigenvalue weighted by Crippen LogP contribution is -2.40.